The van der Waals surface area contributed by atoms with Gasteiger partial charge in [-0.3, -0.25) is 0 Å². The van der Waals surface area contributed by atoms with E-state index >= 15 is 0 Å². The van der Waals surface area contributed by atoms with Gasteiger partial charge < -0.3 is 9.84 Å². The summed E-state index contributed by atoms with van der Waals surface area (Å²) in [5, 5.41) is 16.8. The van der Waals surface area contributed by atoms with E-state index in [1.165, 1.54) is 19.2 Å². The lowest BCUT2D eigenvalue weighted by Gasteiger charge is -2.05. The van der Waals surface area contributed by atoms with Crippen molar-refractivity contribution in [3.63, 3.8) is 0 Å². The Morgan fingerprint density at radius 1 is 1.42 bits per heavy atom. The number of ether oxygens (including phenoxy) is 1. The summed E-state index contributed by atoms with van der Waals surface area (Å²) in [4.78, 5) is 15.1. The van der Waals surface area contributed by atoms with Crippen molar-refractivity contribution in [2.75, 3.05) is 7.11 Å². The van der Waals surface area contributed by atoms with Gasteiger partial charge in [-0.05, 0) is 18.2 Å². The summed E-state index contributed by atoms with van der Waals surface area (Å²) in [6.07, 6.45) is 0. The number of methoxy groups -OCH3 is 1. The lowest BCUT2D eigenvalue weighted by atomic mass is 10.2. The van der Waals surface area contributed by atoms with E-state index in [-0.39, 0.29) is 16.7 Å². The third-order valence-electron chi connectivity index (χ3n) is 2.68. The molecule has 0 aliphatic heterocycles. The van der Waals surface area contributed by atoms with E-state index in [4.69, 9.17) is 21.4 Å². The van der Waals surface area contributed by atoms with Gasteiger partial charge in [0, 0.05) is 0 Å². The van der Waals surface area contributed by atoms with E-state index in [1.807, 2.05) is 0 Å². The molecule has 0 saturated heterocycles. The van der Waals surface area contributed by atoms with Crippen LogP contribution in [-0.2, 0) is 0 Å². The summed E-state index contributed by atoms with van der Waals surface area (Å²) >= 11 is 6.00. The van der Waals surface area contributed by atoms with Crippen LogP contribution in [0.1, 0.15) is 10.4 Å². The first kappa shape index (κ1) is 11.7. The average Bonchev–Trinajstić information content (AvgIpc) is 2.82. The number of halogens is 1. The number of hydrogen-bond donors (Lipinski definition) is 1. The van der Waals surface area contributed by atoms with Crippen molar-refractivity contribution in [2.24, 2.45) is 0 Å². The van der Waals surface area contributed by atoms with Gasteiger partial charge in [0.15, 0.2) is 5.15 Å². The van der Waals surface area contributed by atoms with Crippen molar-refractivity contribution in [1.29, 1.82) is 0 Å². The molecular weight excluding hydrogens is 272 g/mol. The Kier molecular flexibility index (Phi) is 2.49. The number of fused-ring (bicyclic) bond motifs is 3. The van der Waals surface area contributed by atoms with E-state index < -0.39 is 5.97 Å². The molecule has 3 aromatic rings. The third-order valence-corrected chi connectivity index (χ3v) is 2.94. The topological polar surface area (TPSA) is 89.6 Å². The first-order valence-electron chi connectivity index (χ1n) is 5.23. The van der Waals surface area contributed by atoms with E-state index in [1.54, 1.807) is 10.5 Å². The van der Waals surface area contributed by atoms with Crippen LogP contribution in [0.2, 0.25) is 5.15 Å². The van der Waals surface area contributed by atoms with Crippen molar-refractivity contribution >= 4 is 34.3 Å². The predicted molar refractivity (Wildman–Crippen MR) is 66.8 cm³/mol. The maximum atomic E-state index is 10.9. The minimum atomic E-state index is -1.03. The Balaban J connectivity index is 2.46. The molecule has 0 radical (unpaired) electrons. The van der Waals surface area contributed by atoms with Crippen LogP contribution in [0.3, 0.4) is 0 Å². The predicted octanol–water partition coefficient (Wildman–Crippen LogP) is 1.64. The van der Waals surface area contributed by atoms with Crippen LogP contribution in [0.25, 0.3) is 16.7 Å². The first-order chi connectivity index (χ1) is 9.11. The molecule has 0 fully saturated rings. The SMILES string of the molecule is COc1nnc2c(Cl)nc3cc(C(=O)O)ccc3n12. The van der Waals surface area contributed by atoms with Crippen LogP contribution in [0, 0.1) is 0 Å². The molecule has 96 valence electrons. The Morgan fingerprint density at radius 3 is 2.89 bits per heavy atom. The molecule has 0 unspecified atom stereocenters. The van der Waals surface area contributed by atoms with Crippen molar-refractivity contribution in [3.05, 3.63) is 28.9 Å². The second-order valence-corrected chi connectivity index (χ2v) is 4.11. The smallest absolute Gasteiger partial charge is 0.335 e. The van der Waals surface area contributed by atoms with Crippen LogP contribution in [0.5, 0.6) is 6.01 Å². The number of carboxylic acids is 1. The van der Waals surface area contributed by atoms with Gasteiger partial charge >= 0.3 is 12.0 Å². The molecule has 0 aliphatic rings. The van der Waals surface area contributed by atoms with E-state index in [2.05, 4.69) is 15.2 Å². The zero-order valence-electron chi connectivity index (χ0n) is 9.66. The zero-order valence-corrected chi connectivity index (χ0v) is 10.4. The Labute approximate surface area is 111 Å². The van der Waals surface area contributed by atoms with Gasteiger partial charge in [0.25, 0.3) is 0 Å². The highest BCUT2D eigenvalue weighted by molar-refractivity contribution is 6.32. The molecule has 0 spiro atoms. The average molecular weight is 279 g/mol. The minimum Gasteiger partial charge on any atom is -0.478 e. The number of aromatic nitrogens is 4. The van der Waals surface area contributed by atoms with Gasteiger partial charge in [-0.25, -0.2) is 14.2 Å². The van der Waals surface area contributed by atoms with Crippen molar-refractivity contribution in [3.8, 4) is 6.01 Å². The van der Waals surface area contributed by atoms with Crippen molar-refractivity contribution in [1.82, 2.24) is 19.6 Å². The molecule has 7 nitrogen and oxygen atoms in total. The Hall–Kier alpha value is -2.41. The van der Waals surface area contributed by atoms with Gasteiger partial charge in [-0.2, -0.15) is 0 Å². The molecule has 0 amide bonds. The second kappa shape index (κ2) is 4.06. The molecule has 8 heteroatoms. The largest absolute Gasteiger partial charge is 0.478 e. The Bertz CT molecular complexity index is 814. The maximum absolute atomic E-state index is 10.9. The summed E-state index contributed by atoms with van der Waals surface area (Å²) in [5.41, 5.74) is 1.53. The van der Waals surface area contributed by atoms with Gasteiger partial charge in [-0.15, -0.1) is 5.10 Å². The number of hydrogen-bond acceptors (Lipinski definition) is 5. The summed E-state index contributed by atoms with van der Waals surface area (Å²) in [6, 6.07) is 4.77. The highest BCUT2D eigenvalue weighted by Crippen LogP contribution is 2.24. The molecule has 0 saturated carbocycles. The minimum absolute atomic E-state index is 0.127. The zero-order chi connectivity index (χ0) is 13.6. The summed E-state index contributed by atoms with van der Waals surface area (Å²) < 4.78 is 6.67. The van der Waals surface area contributed by atoms with Gasteiger partial charge in [0.05, 0.1) is 23.7 Å². The van der Waals surface area contributed by atoms with Gasteiger partial charge in [-0.1, -0.05) is 16.7 Å². The second-order valence-electron chi connectivity index (χ2n) is 3.76. The summed E-state index contributed by atoms with van der Waals surface area (Å²) in [7, 11) is 1.46. The molecule has 1 aromatic carbocycles. The molecule has 2 heterocycles. The quantitative estimate of drug-likeness (QED) is 0.766. The summed E-state index contributed by atoms with van der Waals surface area (Å²) in [6.45, 7) is 0. The maximum Gasteiger partial charge on any atom is 0.335 e. The first-order valence-corrected chi connectivity index (χ1v) is 5.61. The number of carbonyl (C=O) groups is 1. The molecule has 0 aliphatic carbocycles. The van der Waals surface area contributed by atoms with Crippen LogP contribution >= 0.6 is 11.6 Å². The van der Waals surface area contributed by atoms with Crippen LogP contribution in [0.4, 0.5) is 0 Å². The Morgan fingerprint density at radius 2 is 2.21 bits per heavy atom. The molecule has 0 bridgehead atoms. The fourth-order valence-corrected chi connectivity index (χ4v) is 2.06. The molecule has 3 rings (SSSR count). The highest BCUT2D eigenvalue weighted by atomic mass is 35.5. The van der Waals surface area contributed by atoms with E-state index in [0.29, 0.717) is 16.7 Å². The molecule has 2 aromatic heterocycles. The lowest BCUT2D eigenvalue weighted by molar-refractivity contribution is 0.0697. The van der Waals surface area contributed by atoms with Crippen LogP contribution in [-0.4, -0.2) is 37.8 Å². The van der Waals surface area contributed by atoms with Gasteiger partial charge in [0.1, 0.15) is 0 Å². The van der Waals surface area contributed by atoms with Crippen LogP contribution < -0.4 is 4.74 Å². The lowest BCUT2D eigenvalue weighted by Crippen LogP contribution is -2.00. The van der Waals surface area contributed by atoms with Crippen molar-refractivity contribution < 1.29 is 14.6 Å². The fourth-order valence-electron chi connectivity index (χ4n) is 1.84. The standard InChI is InChI=1S/C11H7ClN4O3/c1-19-11-15-14-9-8(12)13-6-4-5(10(17)18)2-3-7(6)16(9)11/h2-4H,1H3,(H,17,18). The normalized spacial score (nSPS) is 11.1. The summed E-state index contributed by atoms with van der Waals surface area (Å²) in [5.74, 6) is -1.03. The number of aromatic carboxylic acids is 1. The molecular formula is C11H7ClN4O3. The monoisotopic (exact) mass is 278 g/mol. The van der Waals surface area contributed by atoms with Crippen molar-refractivity contribution in [2.45, 2.75) is 0 Å². The number of nitrogens with zero attached hydrogens (tertiary/aromatic N) is 4. The van der Waals surface area contributed by atoms with Gasteiger partial charge in [0.2, 0.25) is 5.65 Å². The molecule has 0 atom stereocenters. The number of benzene rings is 1. The van der Waals surface area contributed by atoms with E-state index in [0.717, 1.165) is 0 Å². The molecule has 19 heavy (non-hydrogen) atoms. The number of rotatable bonds is 2. The van der Waals surface area contributed by atoms with E-state index in [9.17, 15) is 4.79 Å². The molecule has 1 N–H and O–H groups in total. The third kappa shape index (κ3) is 1.66. The number of carboxylic acid groups (broad SMARTS) is 1. The van der Waals surface area contributed by atoms with Crippen LogP contribution in [0.15, 0.2) is 18.2 Å². The highest BCUT2D eigenvalue weighted by Gasteiger charge is 2.15. The fraction of sp³-hybridized carbons (Fsp3) is 0.0909.